The fourth-order valence-electron chi connectivity index (χ4n) is 3.53. The number of nitrogens with zero attached hydrogens (tertiary/aromatic N) is 6. The van der Waals surface area contributed by atoms with Crippen LogP contribution in [-0.2, 0) is 20.6 Å². The van der Waals surface area contributed by atoms with E-state index in [2.05, 4.69) is 35.2 Å². The number of anilines is 1. The number of hydrogen-bond acceptors (Lipinski definition) is 11. The zero-order valence-electron chi connectivity index (χ0n) is 22.3. The first-order valence-electron chi connectivity index (χ1n) is 11.9. The summed E-state index contributed by atoms with van der Waals surface area (Å²) in [7, 11) is -3.92. The second-order valence-corrected chi connectivity index (χ2v) is 12.7. The summed E-state index contributed by atoms with van der Waals surface area (Å²) in [6, 6.07) is 16.7. The van der Waals surface area contributed by atoms with Crippen molar-refractivity contribution >= 4 is 61.6 Å². The molecule has 0 atom stereocenters. The molecule has 3 heterocycles. The number of aromatic nitrogens is 6. The summed E-state index contributed by atoms with van der Waals surface area (Å²) in [6.07, 6.45) is 1.48. The van der Waals surface area contributed by atoms with Crippen LogP contribution < -0.4 is 40.4 Å². The van der Waals surface area contributed by atoms with Gasteiger partial charge in [0, 0.05) is 28.3 Å². The van der Waals surface area contributed by atoms with Gasteiger partial charge < -0.3 is 20.0 Å². The van der Waals surface area contributed by atoms with Gasteiger partial charge in [0.05, 0.1) is 16.4 Å². The van der Waals surface area contributed by atoms with Crippen LogP contribution in [-0.4, -0.2) is 49.8 Å². The molecular weight excluding hydrogens is 628 g/mol. The van der Waals surface area contributed by atoms with E-state index < -0.39 is 10.0 Å². The molecule has 2 aromatic carbocycles. The van der Waals surface area contributed by atoms with Crippen molar-refractivity contribution in [1.82, 2.24) is 29.7 Å². The number of carbonyl (C=O) groups excluding carboxylic acids is 1. The number of sulfonamides is 1. The third kappa shape index (κ3) is 8.31. The summed E-state index contributed by atoms with van der Waals surface area (Å²) >= 11 is 3.65. The third-order valence-corrected chi connectivity index (χ3v) is 9.15. The molecule has 2 N–H and O–H groups in total. The first kappa shape index (κ1) is 31.9. The maximum Gasteiger partial charge on any atom is 1.00 e. The molecule has 0 spiro atoms. The van der Waals surface area contributed by atoms with Gasteiger partial charge >= 0.3 is 29.6 Å². The molecule has 0 saturated heterocycles. The number of aryl methyl sites for hydroxylation is 1. The molecule has 12 nitrogen and oxygen atoms in total. The summed E-state index contributed by atoms with van der Waals surface area (Å²) in [4.78, 5) is 35.4. The van der Waals surface area contributed by atoms with Crippen molar-refractivity contribution in [1.29, 1.82) is 0 Å². The Morgan fingerprint density at radius 1 is 1.10 bits per heavy atom. The molecular formula is C25H21N8NaO4S4. The first-order chi connectivity index (χ1) is 19.8. The van der Waals surface area contributed by atoms with Crippen LogP contribution in [0.15, 0.2) is 92.2 Å². The van der Waals surface area contributed by atoms with Crippen LogP contribution in [0.1, 0.15) is 11.5 Å². The van der Waals surface area contributed by atoms with Gasteiger partial charge in [-0.15, -0.1) is 10.2 Å². The smallest absolute Gasteiger partial charge is 0.433 e. The van der Waals surface area contributed by atoms with Crippen LogP contribution in [0.3, 0.4) is 0 Å². The zero-order valence-corrected chi connectivity index (χ0v) is 27.6. The van der Waals surface area contributed by atoms with E-state index in [1.165, 1.54) is 60.1 Å². The van der Waals surface area contributed by atoms with Crippen molar-refractivity contribution in [2.24, 2.45) is 0 Å². The number of carbonyl (C=O) groups is 1. The summed E-state index contributed by atoms with van der Waals surface area (Å²) in [6.45, 7) is 1.75. The fourth-order valence-corrected chi connectivity index (χ4v) is 6.81. The molecule has 3 aromatic heterocycles. The Bertz CT molecular complexity index is 1810. The molecule has 0 radical (unpaired) electrons. The van der Waals surface area contributed by atoms with E-state index in [0.29, 0.717) is 33.3 Å². The molecule has 0 aliphatic rings. The average Bonchev–Trinajstić information content (AvgIpc) is 3.60. The topological polar surface area (TPSA) is 167 Å². The molecule has 0 saturated carbocycles. The van der Waals surface area contributed by atoms with Gasteiger partial charge in [0.25, 0.3) is 5.56 Å². The number of amides is 1. The van der Waals surface area contributed by atoms with E-state index in [9.17, 15) is 18.0 Å². The Morgan fingerprint density at radius 2 is 1.86 bits per heavy atom. The summed E-state index contributed by atoms with van der Waals surface area (Å²) in [5.74, 6) is 0.724. The van der Waals surface area contributed by atoms with Crippen molar-refractivity contribution in [3.05, 3.63) is 98.8 Å². The number of para-hydroxylation sites is 1. The summed E-state index contributed by atoms with van der Waals surface area (Å²) in [5, 5.41) is 14.2. The van der Waals surface area contributed by atoms with Gasteiger partial charge in [-0.1, -0.05) is 47.9 Å². The predicted molar refractivity (Wildman–Crippen MR) is 159 cm³/mol. The van der Waals surface area contributed by atoms with E-state index in [0.717, 1.165) is 17.0 Å². The van der Waals surface area contributed by atoms with Crippen LogP contribution in [0.25, 0.3) is 10.4 Å². The maximum atomic E-state index is 12.7. The molecule has 42 heavy (non-hydrogen) atoms. The van der Waals surface area contributed by atoms with Gasteiger partial charge in [-0.2, -0.15) is 11.3 Å². The van der Waals surface area contributed by atoms with Crippen molar-refractivity contribution < 1.29 is 42.8 Å². The maximum absolute atomic E-state index is 12.7. The molecule has 5 rings (SSSR count). The van der Waals surface area contributed by atoms with Crippen LogP contribution in [0, 0.1) is 6.92 Å². The minimum atomic E-state index is -3.92. The average molecular weight is 649 g/mol. The number of rotatable bonds is 11. The van der Waals surface area contributed by atoms with Gasteiger partial charge in [-0.25, -0.2) is 13.4 Å². The Balaban J connectivity index is 0.00000405. The largest absolute Gasteiger partial charge is 1.00 e. The van der Waals surface area contributed by atoms with E-state index >= 15 is 0 Å². The fraction of sp³-hybridized carbons (Fsp3) is 0.120. The molecule has 17 heteroatoms. The molecule has 1 amide bonds. The van der Waals surface area contributed by atoms with Crippen LogP contribution >= 0.6 is 34.9 Å². The summed E-state index contributed by atoms with van der Waals surface area (Å²) in [5.41, 5.74) is 1.64. The Hall–Kier alpha value is -2.99. The van der Waals surface area contributed by atoms with Crippen molar-refractivity contribution in [2.75, 3.05) is 11.1 Å². The number of aromatic amines is 1. The number of hydrogen-bond donors (Lipinski definition) is 2. The predicted octanol–water partition coefficient (Wildman–Crippen LogP) is 1.54. The molecule has 0 aliphatic heterocycles. The Kier molecular flexibility index (Phi) is 11.0. The second-order valence-electron chi connectivity index (χ2n) is 8.29. The Labute approximate surface area is 275 Å². The van der Waals surface area contributed by atoms with Gasteiger partial charge in [0.15, 0.2) is 10.3 Å². The minimum Gasteiger partial charge on any atom is -0.433 e. The molecule has 0 bridgehead atoms. The zero-order chi connectivity index (χ0) is 28.8. The first-order valence-corrected chi connectivity index (χ1v) is 16.2. The molecule has 210 valence electrons. The molecule has 5 aromatic rings. The van der Waals surface area contributed by atoms with Crippen LogP contribution in [0.4, 0.5) is 10.8 Å². The van der Waals surface area contributed by atoms with Crippen LogP contribution in [0.2, 0.25) is 0 Å². The number of thioether (sulfide) groups is 2. The van der Waals surface area contributed by atoms with E-state index in [-0.39, 0.29) is 56.8 Å². The minimum absolute atomic E-state index is 0. The molecule has 0 fully saturated rings. The number of thiazole rings is 1. The van der Waals surface area contributed by atoms with Gasteiger partial charge in [-0.05, 0) is 48.7 Å². The SMILES string of the molecule is Cc1cc(=O)[nH]c(SCc2nnc(SCC(=O)Nc3ccc(S(=O)(=O)[N-]c4nccs4)cc3)n2-c2ccccc2)n1.[Na+]. The number of benzene rings is 2. The van der Waals surface area contributed by atoms with Crippen LogP contribution in [0.5, 0.6) is 0 Å². The van der Waals surface area contributed by atoms with Crippen molar-refractivity contribution in [3.8, 4) is 5.69 Å². The van der Waals surface area contributed by atoms with Gasteiger partial charge in [0.1, 0.15) is 5.82 Å². The molecule has 0 aliphatic carbocycles. The van der Waals surface area contributed by atoms with Crippen molar-refractivity contribution in [2.45, 2.75) is 27.9 Å². The van der Waals surface area contributed by atoms with Gasteiger partial charge in [-0.3, -0.25) is 14.2 Å². The van der Waals surface area contributed by atoms with Gasteiger partial charge in [0.2, 0.25) is 15.9 Å². The normalized spacial score (nSPS) is 11.1. The van der Waals surface area contributed by atoms with E-state index in [1.54, 1.807) is 12.3 Å². The monoisotopic (exact) mass is 648 g/mol. The van der Waals surface area contributed by atoms with E-state index in [1.807, 2.05) is 34.9 Å². The quantitative estimate of drug-likeness (QED) is 0.122. The van der Waals surface area contributed by atoms with Crippen molar-refractivity contribution in [3.63, 3.8) is 0 Å². The molecule has 0 unspecified atom stereocenters. The number of H-pyrrole nitrogens is 1. The Morgan fingerprint density at radius 3 is 2.55 bits per heavy atom. The second kappa shape index (κ2) is 14.5. The standard InChI is InChI=1S/C25H22N8O4S4.Na/c1-16-13-21(34)29-24(27-16)39-14-20-30-31-25(33(20)18-5-3-2-4-6-18)40-15-22(35)28-17-7-9-19(10-8-17)41(36,37)32-23-26-11-12-38-23;/h2-13H,14-15H2,1H3,(H3,26,27,28,29,32,34,35);/q;+1/p-1. The number of nitrogens with one attached hydrogen (secondary N) is 2. The van der Waals surface area contributed by atoms with E-state index in [4.69, 9.17) is 0 Å². The third-order valence-electron chi connectivity index (χ3n) is 5.29. The summed E-state index contributed by atoms with van der Waals surface area (Å²) < 4.78 is 30.5.